The van der Waals surface area contributed by atoms with Crippen LogP contribution in [0.15, 0.2) is 59.8 Å². The van der Waals surface area contributed by atoms with Crippen LogP contribution >= 0.6 is 11.3 Å². The Labute approximate surface area is 214 Å². The molecule has 2 aromatic carbocycles. The Kier molecular flexibility index (Phi) is 7.56. The Morgan fingerprint density at radius 2 is 1.65 bits per heavy atom. The van der Waals surface area contributed by atoms with E-state index >= 15 is 8.78 Å². The molecule has 0 amide bonds. The lowest BCUT2D eigenvalue weighted by molar-refractivity contribution is -0.121. The predicted molar refractivity (Wildman–Crippen MR) is 131 cm³/mol. The Balaban J connectivity index is 1.84. The van der Waals surface area contributed by atoms with Gasteiger partial charge in [0.2, 0.25) is 0 Å². The van der Waals surface area contributed by atoms with E-state index in [0.717, 1.165) is 29.5 Å². The van der Waals surface area contributed by atoms with Gasteiger partial charge in [0.25, 0.3) is 0 Å². The van der Waals surface area contributed by atoms with E-state index in [-0.39, 0.29) is 23.8 Å². The number of nitrogens with zero attached hydrogens (tertiary/aromatic N) is 2. The van der Waals surface area contributed by atoms with Crippen LogP contribution in [0.4, 0.5) is 17.6 Å². The molecule has 4 rings (SSSR count). The molecule has 0 bridgehead atoms. The lowest BCUT2D eigenvalue weighted by atomic mass is 10.0. The fourth-order valence-corrected chi connectivity index (χ4v) is 6.11. The molecule has 11 heteroatoms. The number of carbonyl (C=O) groups excluding carboxylic acids is 1. The van der Waals surface area contributed by atoms with Crippen molar-refractivity contribution in [3.05, 3.63) is 88.7 Å². The summed E-state index contributed by atoms with van der Waals surface area (Å²) < 4.78 is 84.2. The minimum Gasteiger partial charge on any atom is -0.299 e. The highest BCUT2D eigenvalue weighted by Crippen LogP contribution is 2.40. The van der Waals surface area contributed by atoms with E-state index in [9.17, 15) is 22.0 Å². The van der Waals surface area contributed by atoms with Gasteiger partial charge in [0.05, 0.1) is 28.3 Å². The standard InChI is InChI=1S/C26H20F4N2O3S2/c1-14(2)20(33)12-22-32-25(26(36-22)15-7-9-31-10-8-15)23-19(29)5-3-16(24(23)30)13-37(34,35)21-11-17(27)4-6-18(21)28/h3-11,14H,12-13H2,1-2H3. The predicted octanol–water partition coefficient (Wildman–Crippen LogP) is 6.17. The number of Topliss-reactive ketones (excluding diaryl/α,β-unsaturated/α-hetero) is 1. The Morgan fingerprint density at radius 1 is 0.973 bits per heavy atom. The zero-order valence-electron chi connectivity index (χ0n) is 19.6. The first-order chi connectivity index (χ1) is 17.5. The van der Waals surface area contributed by atoms with Crippen LogP contribution in [0.3, 0.4) is 0 Å². The highest BCUT2D eigenvalue weighted by atomic mass is 32.2. The van der Waals surface area contributed by atoms with E-state index in [1.54, 1.807) is 26.0 Å². The number of aromatic nitrogens is 2. The summed E-state index contributed by atoms with van der Waals surface area (Å²) in [7, 11) is -4.53. The smallest absolute Gasteiger partial charge is 0.185 e. The maximum absolute atomic E-state index is 15.8. The number of hydrogen-bond donors (Lipinski definition) is 0. The zero-order chi connectivity index (χ0) is 26.9. The van der Waals surface area contributed by atoms with Crippen LogP contribution in [0.25, 0.3) is 21.7 Å². The molecule has 0 aliphatic heterocycles. The number of sulfone groups is 1. The molecule has 0 radical (unpaired) electrons. The molecule has 0 saturated heterocycles. The average molecular weight is 549 g/mol. The summed E-state index contributed by atoms with van der Waals surface area (Å²) in [5.74, 6) is -5.81. The van der Waals surface area contributed by atoms with Gasteiger partial charge >= 0.3 is 0 Å². The average Bonchev–Trinajstić information content (AvgIpc) is 3.26. The molecule has 0 N–H and O–H groups in total. The van der Waals surface area contributed by atoms with Crippen molar-refractivity contribution in [1.82, 2.24) is 9.97 Å². The fourth-order valence-electron chi connectivity index (χ4n) is 3.58. The number of halogens is 4. The summed E-state index contributed by atoms with van der Waals surface area (Å²) in [6, 6.07) is 6.97. The van der Waals surface area contributed by atoms with Crippen LogP contribution in [0.1, 0.15) is 24.4 Å². The maximum Gasteiger partial charge on any atom is 0.185 e. The van der Waals surface area contributed by atoms with Crippen LogP contribution in [0.5, 0.6) is 0 Å². The second-order valence-corrected chi connectivity index (χ2v) is 11.6. The minimum absolute atomic E-state index is 0.0451. The quantitative estimate of drug-likeness (QED) is 0.246. The number of hydrogen-bond acceptors (Lipinski definition) is 6. The number of benzene rings is 2. The zero-order valence-corrected chi connectivity index (χ0v) is 21.3. The van der Waals surface area contributed by atoms with Crippen molar-refractivity contribution in [2.75, 3.05) is 0 Å². The second-order valence-electron chi connectivity index (χ2n) is 8.55. The van der Waals surface area contributed by atoms with E-state index in [4.69, 9.17) is 0 Å². The molecule has 0 spiro atoms. The molecule has 0 fully saturated rings. The SMILES string of the molecule is CC(C)C(=O)Cc1nc(-c2c(F)ccc(CS(=O)(=O)c3cc(F)ccc3F)c2F)c(-c2ccncc2)s1. The van der Waals surface area contributed by atoms with Gasteiger partial charge in [-0.25, -0.2) is 31.0 Å². The highest BCUT2D eigenvalue weighted by Gasteiger charge is 2.28. The lowest BCUT2D eigenvalue weighted by Gasteiger charge is -2.11. The Hall–Kier alpha value is -3.44. The van der Waals surface area contributed by atoms with Crippen molar-refractivity contribution in [3.63, 3.8) is 0 Å². The number of ketones is 1. The second kappa shape index (κ2) is 10.5. The Bertz CT molecular complexity index is 1590. The van der Waals surface area contributed by atoms with Gasteiger partial charge in [-0.1, -0.05) is 19.9 Å². The molecule has 0 aliphatic rings. The summed E-state index contributed by atoms with van der Waals surface area (Å²) >= 11 is 1.09. The van der Waals surface area contributed by atoms with Crippen LogP contribution in [0, 0.1) is 29.2 Å². The Morgan fingerprint density at radius 3 is 2.32 bits per heavy atom. The third kappa shape index (κ3) is 5.62. The fraction of sp³-hybridized carbons (Fsp3) is 0.192. The number of rotatable bonds is 8. The molecule has 5 nitrogen and oxygen atoms in total. The van der Waals surface area contributed by atoms with Crippen molar-refractivity contribution < 1.29 is 30.8 Å². The van der Waals surface area contributed by atoms with Crippen LogP contribution in [-0.2, 0) is 26.8 Å². The first-order valence-electron chi connectivity index (χ1n) is 11.1. The van der Waals surface area contributed by atoms with Gasteiger partial charge in [-0.05, 0) is 42.0 Å². The number of pyridine rings is 1. The maximum atomic E-state index is 15.8. The van der Waals surface area contributed by atoms with E-state index < -0.39 is 54.9 Å². The molecule has 0 aliphatic carbocycles. The molecule has 0 saturated carbocycles. The van der Waals surface area contributed by atoms with Crippen molar-refractivity contribution in [2.24, 2.45) is 5.92 Å². The lowest BCUT2D eigenvalue weighted by Crippen LogP contribution is -2.10. The van der Waals surface area contributed by atoms with E-state index in [1.807, 2.05) is 0 Å². The monoisotopic (exact) mass is 548 g/mol. The molecule has 192 valence electrons. The van der Waals surface area contributed by atoms with Crippen molar-refractivity contribution in [2.45, 2.75) is 30.9 Å². The molecular formula is C26H20F4N2O3S2. The summed E-state index contributed by atoms with van der Waals surface area (Å²) in [6.45, 7) is 3.45. The first kappa shape index (κ1) is 26.6. The minimum atomic E-state index is -4.53. The van der Waals surface area contributed by atoms with Crippen LogP contribution in [0.2, 0.25) is 0 Å². The number of carbonyl (C=O) groups is 1. The topological polar surface area (TPSA) is 77.0 Å². The van der Waals surface area contributed by atoms with Gasteiger partial charge in [0.15, 0.2) is 9.84 Å². The third-order valence-corrected chi connectivity index (χ3v) is 8.34. The van der Waals surface area contributed by atoms with Gasteiger partial charge in [-0.3, -0.25) is 9.78 Å². The van der Waals surface area contributed by atoms with Crippen LogP contribution in [-0.4, -0.2) is 24.2 Å². The molecule has 0 unspecified atom stereocenters. The highest BCUT2D eigenvalue weighted by molar-refractivity contribution is 7.90. The van der Waals surface area contributed by atoms with E-state index in [1.165, 1.54) is 12.4 Å². The molecule has 0 atom stereocenters. The van der Waals surface area contributed by atoms with Gasteiger partial charge in [0, 0.05) is 23.9 Å². The largest absolute Gasteiger partial charge is 0.299 e. The van der Waals surface area contributed by atoms with Gasteiger partial charge in [-0.15, -0.1) is 11.3 Å². The first-order valence-corrected chi connectivity index (χ1v) is 13.5. The van der Waals surface area contributed by atoms with Gasteiger partial charge in [0.1, 0.15) is 39.0 Å². The molecule has 37 heavy (non-hydrogen) atoms. The molecule has 2 aromatic heterocycles. The van der Waals surface area contributed by atoms with E-state index in [0.29, 0.717) is 27.6 Å². The van der Waals surface area contributed by atoms with Crippen LogP contribution < -0.4 is 0 Å². The van der Waals surface area contributed by atoms with Gasteiger partial charge < -0.3 is 0 Å². The molecular weight excluding hydrogens is 528 g/mol. The molecule has 4 aromatic rings. The molecule has 2 heterocycles. The van der Waals surface area contributed by atoms with Crippen molar-refractivity contribution >= 4 is 27.0 Å². The summed E-state index contributed by atoms with van der Waals surface area (Å²) in [5.41, 5.74) is -0.592. The van der Waals surface area contributed by atoms with Gasteiger partial charge in [-0.2, -0.15) is 0 Å². The normalized spacial score (nSPS) is 11.8. The number of thiazole rings is 1. The van der Waals surface area contributed by atoms with E-state index in [2.05, 4.69) is 9.97 Å². The third-order valence-electron chi connectivity index (χ3n) is 5.57. The van der Waals surface area contributed by atoms with Crippen molar-refractivity contribution in [3.8, 4) is 21.7 Å². The summed E-state index contributed by atoms with van der Waals surface area (Å²) in [6.07, 6.45) is 2.93. The summed E-state index contributed by atoms with van der Waals surface area (Å²) in [5, 5.41) is 0.333. The summed E-state index contributed by atoms with van der Waals surface area (Å²) in [4.78, 5) is 20.1. The van der Waals surface area contributed by atoms with Crippen molar-refractivity contribution in [1.29, 1.82) is 0 Å².